The highest BCUT2D eigenvalue weighted by molar-refractivity contribution is 7.71. The molecule has 8 heteroatoms. The summed E-state index contributed by atoms with van der Waals surface area (Å²) in [5, 5.41) is 4.78. The molecule has 1 aliphatic rings. The number of ether oxygens (including phenoxy) is 2. The van der Waals surface area contributed by atoms with E-state index >= 15 is 0 Å². The van der Waals surface area contributed by atoms with E-state index < -0.39 is 0 Å². The van der Waals surface area contributed by atoms with Gasteiger partial charge in [-0.05, 0) is 73.6 Å². The van der Waals surface area contributed by atoms with Crippen molar-refractivity contribution >= 4 is 12.2 Å². The molecule has 1 aromatic carbocycles. The molecule has 3 heterocycles. The van der Waals surface area contributed by atoms with Gasteiger partial charge in [0, 0.05) is 44.2 Å². The minimum atomic E-state index is 0.729. The van der Waals surface area contributed by atoms with Crippen molar-refractivity contribution in [3.63, 3.8) is 0 Å². The molecule has 0 amide bonds. The first-order chi connectivity index (χ1) is 15.6. The molecule has 1 fully saturated rings. The van der Waals surface area contributed by atoms with Crippen molar-refractivity contribution in [1.82, 2.24) is 24.2 Å². The Morgan fingerprint density at radius 1 is 1.03 bits per heavy atom. The molecule has 32 heavy (non-hydrogen) atoms. The summed E-state index contributed by atoms with van der Waals surface area (Å²) in [5.41, 5.74) is 2.30. The van der Waals surface area contributed by atoms with E-state index in [-0.39, 0.29) is 0 Å². The summed E-state index contributed by atoms with van der Waals surface area (Å²) in [5.74, 6) is 3.31. The predicted octanol–water partition coefficient (Wildman–Crippen LogP) is 4.33. The first kappa shape index (κ1) is 22.5. The van der Waals surface area contributed by atoms with E-state index in [0.29, 0.717) is 0 Å². The van der Waals surface area contributed by atoms with E-state index in [4.69, 9.17) is 26.8 Å². The number of aromatic nitrogens is 4. The summed E-state index contributed by atoms with van der Waals surface area (Å²) < 4.78 is 15.5. The third-order valence-corrected chi connectivity index (χ3v) is 6.76. The normalized spacial score (nSPS) is 15.1. The van der Waals surface area contributed by atoms with Crippen molar-refractivity contribution in [1.29, 1.82) is 0 Å². The number of pyridine rings is 1. The summed E-state index contributed by atoms with van der Waals surface area (Å²) in [4.78, 5) is 6.54. The first-order valence-electron chi connectivity index (χ1n) is 11.1. The number of likely N-dealkylation sites (tertiary alicyclic amines) is 1. The monoisotopic (exact) mass is 453 g/mol. The maximum atomic E-state index is 5.64. The number of hydrogen-bond acceptors (Lipinski definition) is 6. The van der Waals surface area contributed by atoms with Crippen LogP contribution in [0.25, 0.3) is 11.4 Å². The number of nitrogens with zero attached hydrogens (tertiary/aromatic N) is 5. The van der Waals surface area contributed by atoms with Crippen LogP contribution in [-0.2, 0) is 20.1 Å². The lowest BCUT2D eigenvalue weighted by atomic mass is 9.90. The van der Waals surface area contributed by atoms with Crippen LogP contribution in [0, 0.1) is 10.7 Å². The minimum absolute atomic E-state index is 0.729. The van der Waals surface area contributed by atoms with Crippen LogP contribution in [0.1, 0.15) is 24.8 Å². The van der Waals surface area contributed by atoms with Crippen LogP contribution < -0.4 is 9.47 Å². The molecule has 0 spiro atoms. The fourth-order valence-electron chi connectivity index (χ4n) is 4.32. The van der Waals surface area contributed by atoms with Gasteiger partial charge in [0.1, 0.15) is 11.5 Å². The summed E-state index contributed by atoms with van der Waals surface area (Å²) in [6, 6.07) is 10.1. The highest BCUT2D eigenvalue weighted by Gasteiger charge is 2.21. The molecule has 7 nitrogen and oxygen atoms in total. The van der Waals surface area contributed by atoms with E-state index in [1.54, 1.807) is 26.6 Å². The maximum absolute atomic E-state index is 5.64. The molecular formula is C24H31N5O2S. The molecule has 0 aliphatic carbocycles. The standard InChI is InChI=1S/C24H31N5O2S/c1-27-23(20-6-10-25-11-7-20)26-29(24(27)32)17-28-12-8-18(9-13-28)4-5-19-14-21(30-2)16-22(15-19)31-3/h6-7,10-11,14-16,18H,4-5,8-9,12-13,17H2,1-3H3. The van der Waals surface area contributed by atoms with Crippen molar-refractivity contribution in [2.24, 2.45) is 13.0 Å². The molecule has 0 N–H and O–H groups in total. The fraction of sp³-hybridized carbons (Fsp3) is 0.458. The average Bonchev–Trinajstić information content (AvgIpc) is 3.12. The van der Waals surface area contributed by atoms with Crippen molar-refractivity contribution in [2.75, 3.05) is 27.3 Å². The zero-order chi connectivity index (χ0) is 22.5. The van der Waals surface area contributed by atoms with Crippen LogP contribution in [-0.4, -0.2) is 51.5 Å². The van der Waals surface area contributed by atoms with Gasteiger partial charge in [-0.3, -0.25) is 9.88 Å². The SMILES string of the molecule is COc1cc(CCC2CCN(Cn3nc(-c4ccncc4)n(C)c3=S)CC2)cc(OC)c1. The van der Waals surface area contributed by atoms with Gasteiger partial charge in [-0.25, -0.2) is 4.68 Å². The van der Waals surface area contributed by atoms with Crippen molar-refractivity contribution in [2.45, 2.75) is 32.4 Å². The van der Waals surface area contributed by atoms with Crippen LogP contribution >= 0.6 is 12.2 Å². The number of aryl methyl sites for hydroxylation is 1. The molecule has 2 aromatic heterocycles. The van der Waals surface area contributed by atoms with Crippen molar-refractivity contribution < 1.29 is 9.47 Å². The lowest BCUT2D eigenvalue weighted by molar-refractivity contribution is 0.136. The second-order valence-corrected chi connectivity index (χ2v) is 8.73. The number of piperidine rings is 1. The Morgan fingerprint density at radius 2 is 1.69 bits per heavy atom. The minimum Gasteiger partial charge on any atom is -0.497 e. The Morgan fingerprint density at radius 3 is 2.31 bits per heavy atom. The molecule has 0 radical (unpaired) electrons. The maximum Gasteiger partial charge on any atom is 0.199 e. The van der Waals surface area contributed by atoms with Crippen LogP contribution in [0.2, 0.25) is 0 Å². The molecule has 0 unspecified atom stereocenters. The van der Waals surface area contributed by atoms with Gasteiger partial charge in [0.05, 0.1) is 20.9 Å². The smallest absolute Gasteiger partial charge is 0.199 e. The Hall–Kier alpha value is -2.71. The zero-order valence-electron chi connectivity index (χ0n) is 19.0. The molecular weight excluding hydrogens is 422 g/mol. The lowest BCUT2D eigenvalue weighted by Gasteiger charge is -2.31. The van der Waals surface area contributed by atoms with Crippen LogP contribution in [0.15, 0.2) is 42.7 Å². The van der Waals surface area contributed by atoms with Gasteiger partial charge in [-0.15, -0.1) is 0 Å². The molecule has 170 valence electrons. The summed E-state index contributed by atoms with van der Waals surface area (Å²) in [6.45, 7) is 2.86. The third kappa shape index (κ3) is 5.19. The highest BCUT2D eigenvalue weighted by Crippen LogP contribution is 2.27. The third-order valence-electron chi connectivity index (χ3n) is 6.27. The number of benzene rings is 1. The van der Waals surface area contributed by atoms with E-state index in [1.165, 1.54) is 24.8 Å². The Labute approximate surface area is 194 Å². The Balaban J connectivity index is 1.32. The number of rotatable bonds is 8. The number of methoxy groups -OCH3 is 2. The highest BCUT2D eigenvalue weighted by atomic mass is 32.1. The molecule has 0 saturated carbocycles. The Bertz CT molecular complexity index is 1070. The molecule has 3 aromatic rings. The second kappa shape index (κ2) is 10.3. The average molecular weight is 454 g/mol. The van der Waals surface area contributed by atoms with Gasteiger partial charge in [-0.2, -0.15) is 5.10 Å². The zero-order valence-corrected chi connectivity index (χ0v) is 19.8. The summed E-state index contributed by atoms with van der Waals surface area (Å²) >= 11 is 5.64. The van der Waals surface area contributed by atoms with E-state index in [9.17, 15) is 0 Å². The molecule has 0 bridgehead atoms. The summed E-state index contributed by atoms with van der Waals surface area (Å²) in [6.07, 6.45) is 8.17. The van der Waals surface area contributed by atoms with Crippen LogP contribution in [0.5, 0.6) is 11.5 Å². The van der Waals surface area contributed by atoms with Gasteiger partial charge in [-0.1, -0.05) is 0 Å². The van der Waals surface area contributed by atoms with Crippen molar-refractivity contribution in [3.8, 4) is 22.9 Å². The van der Waals surface area contributed by atoms with E-state index in [0.717, 1.165) is 59.8 Å². The van der Waals surface area contributed by atoms with Gasteiger partial charge in [0.2, 0.25) is 0 Å². The quantitative estimate of drug-likeness (QED) is 0.473. The molecule has 1 aliphatic heterocycles. The predicted molar refractivity (Wildman–Crippen MR) is 127 cm³/mol. The fourth-order valence-corrected chi connectivity index (χ4v) is 4.50. The van der Waals surface area contributed by atoms with Gasteiger partial charge < -0.3 is 14.0 Å². The van der Waals surface area contributed by atoms with Crippen LogP contribution in [0.4, 0.5) is 0 Å². The van der Waals surface area contributed by atoms with Gasteiger partial charge >= 0.3 is 0 Å². The molecule has 1 saturated heterocycles. The second-order valence-electron chi connectivity index (χ2n) is 8.36. The van der Waals surface area contributed by atoms with Crippen molar-refractivity contribution in [3.05, 3.63) is 53.1 Å². The topological polar surface area (TPSA) is 57.3 Å². The Kier molecular flexibility index (Phi) is 7.22. The number of hydrogen-bond donors (Lipinski definition) is 0. The first-order valence-corrected chi connectivity index (χ1v) is 11.5. The van der Waals surface area contributed by atoms with Crippen LogP contribution in [0.3, 0.4) is 0 Å². The van der Waals surface area contributed by atoms with Gasteiger partial charge in [0.25, 0.3) is 0 Å². The lowest BCUT2D eigenvalue weighted by Crippen LogP contribution is -2.35. The van der Waals surface area contributed by atoms with E-state index in [1.807, 2.05) is 34.5 Å². The molecule has 4 rings (SSSR count). The van der Waals surface area contributed by atoms with Gasteiger partial charge in [0.15, 0.2) is 10.6 Å². The summed E-state index contributed by atoms with van der Waals surface area (Å²) in [7, 11) is 5.37. The largest absolute Gasteiger partial charge is 0.497 e. The van der Waals surface area contributed by atoms with E-state index in [2.05, 4.69) is 22.0 Å². The molecule has 0 atom stereocenters.